The second-order valence-electron chi connectivity index (χ2n) is 4.61. The molecule has 2 aromatic carbocycles. The van der Waals surface area contributed by atoms with Gasteiger partial charge in [-0.25, -0.2) is 13.6 Å². The van der Waals surface area contributed by atoms with E-state index in [0.717, 1.165) is 0 Å². The van der Waals surface area contributed by atoms with Gasteiger partial charge in [-0.15, -0.1) is 0 Å². The highest BCUT2D eigenvalue weighted by molar-refractivity contribution is 7.89. The van der Waals surface area contributed by atoms with Crippen molar-refractivity contribution >= 4 is 45.0 Å². The monoisotopic (exact) mass is 387 g/mol. The first-order valence-electron chi connectivity index (χ1n) is 6.37. The Bertz CT molecular complexity index is 899. The van der Waals surface area contributed by atoms with Gasteiger partial charge in [0.15, 0.2) is 0 Å². The first kappa shape index (κ1) is 18.2. The number of benzene rings is 2. The van der Waals surface area contributed by atoms with Crippen LogP contribution in [0.4, 0.5) is 0 Å². The van der Waals surface area contributed by atoms with Crippen LogP contribution in [0, 0.1) is 0 Å². The molecule has 10 heteroatoms. The highest BCUT2D eigenvalue weighted by Gasteiger charge is 2.12. The maximum atomic E-state index is 11.9. The van der Waals surface area contributed by atoms with E-state index in [4.69, 9.17) is 28.3 Å². The average Bonchev–Trinajstić information content (AvgIpc) is 2.54. The molecule has 24 heavy (non-hydrogen) atoms. The van der Waals surface area contributed by atoms with Gasteiger partial charge < -0.3 is 0 Å². The molecule has 0 atom stereocenters. The number of halogens is 2. The first-order chi connectivity index (χ1) is 11.2. The topological polar surface area (TPSA) is 118 Å². The second-order valence-corrected chi connectivity index (χ2v) is 6.98. The van der Waals surface area contributed by atoms with Crippen molar-refractivity contribution in [3.63, 3.8) is 0 Å². The van der Waals surface area contributed by atoms with Crippen molar-refractivity contribution in [3.05, 3.63) is 63.6 Å². The molecule has 0 saturated heterocycles. The van der Waals surface area contributed by atoms with Gasteiger partial charge in [-0.05, 0) is 42.5 Å². The van der Waals surface area contributed by atoms with E-state index >= 15 is 0 Å². The fraction of sp³-hybridized carbons (Fsp3) is 0. The van der Waals surface area contributed by atoms with Gasteiger partial charge in [0.05, 0.1) is 14.9 Å². The number of rotatable bonds is 3. The Labute approximate surface area is 147 Å². The standard InChI is InChI=1S/C14H11Cl2N3O4S/c15-11-6-3-9(7-12(11)16)14(21)19-18-13(20)8-1-4-10(5-2-8)24(17,22)23/h1-7H,(H,18,20)(H,19,21)(H2,17,22,23). The van der Waals surface area contributed by atoms with E-state index in [0.29, 0.717) is 5.02 Å². The molecule has 0 spiro atoms. The first-order valence-corrected chi connectivity index (χ1v) is 8.67. The van der Waals surface area contributed by atoms with Gasteiger partial charge in [0.25, 0.3) is 11.8 Å². The molecule has 0 unspecified atom stereocenters. The third-order valence-corrected chi connectivity index (χ3v) is 4.58. The van der Waals surface area contributed by atoms with E-state index in [1.807, 2.05) is 0 Å². The van der Waals surface area contributed by atoms with Gasteiger partial charge in [0, 0.05) is 11.1 Å². The minimum Gasteiger partial charge on any atom is -0.267 e. The molecule has 0 aliphatic rings. The summed E-state index contributed by atoms with van der Waals surface area (Å²) in [6.07, 6.45) is 0. The van der Waals surface area contributed by atoms with E-state index in [2.05, 4.69) is 10.9 Å². The zero-order valence-electron chi connectivity index (χ0n) is 11.9. The van der Waals surface area contributed by atoms with E-state index in [-0.39, 0.29) is 21.0 Å². The minimum absolute atomic E-state index is 0.126. The van der Waals surface area contributed by atoms with E-state index in [1.54, 1.807) is 0 Å². The minimum atomic E-state index is -3.84. The van der Waals surface area contributed by atoms with Gasteiger partial charge in [-0.3, -0.25) is 20.4 Å². The van der Waals surface area contributed by atoms with Crippen molar-refractivity contribution in [2.75, 3.05) is 0 Å². The molecule has 0 heterocycles. The van der Waals surface area contributed by atoms with E-state index in [1.165, 1.54) is 42.5 Å². The molecule has 0 aliphatic carbocycles. The number of carbonyl (C=O) groups is 2. The third kappa shape index (κ3) is 4.45. The summed E-state index contributed by atoms with van der Waals surface area (Å²) in [5.41, 5.74) is 4.74. The van der Waals surface area contributed by atoms with Crippen molar-refractivity contribution in [2.24, 2.45) is 5.14 Å². The summed E-state index contributed by atoms with van der Waals surface area (Å²) in [5, 5.41) is 5.46. The lowest BCUT2D eigenvalue weighted by Gasteiger charge is -2.08. The number of hydrazine groups is 1. The molecule has 0 bridgehead atoms. The van der Waals surface area contributed by atoms with Crippen molar-refractivity contribution in [2.45, 2.75) is 4.90 Å². The summed E-state index contributed by atoms with van der Waals surface area (Å²) < 4.78 is 22.3. The number of carbonyl (C=O) groups excluding carboxylic acids is 2. The molecular formula is C14H11Cl2N3O4S. The van der Waals surface area contributed by atoms with Crippen LogP contribution in [0.25, 0.3) is 0 Å². The molecule has 0 saturated carbocycles. The SMILES string of the molecule is NS(=O)(=O)c1ccc(C(=O)NNC(=O)c2ccc(Cl)c(Cl)c2)cc1. The summed E-state index contributed by atoms with van der Waals surface area (Å²) in [4.78, 5) is 23.7. The van der Waals surface area contributed by atoms with Crippen LogP contribution in [0.5, 0.6) is 0 Å². The molecule has 0 aromatic heterocycles. The highest BCUT2D eigenvalue weighted by atomic mass is 35.5. The highest BCUT2D eigenvalue weighted by Crippen LogP contribution is 2.22. The van der Waals surface area contributed by atoms with Crippen LogP contribution in [-0.2, 0) is 10.0 Å². The molecule has 4 N–H and O–H groups in total. The van der Waals surface area contributed by atoms with Gasteiger partial charge in [-0.1, -0.05) is 23.2 Å². The van der Waals surface area contributed by atoms with Crippen LogP contribution >= 0.6 is 23.2 Å². The van der Waals surface area contributed by atoms with Crippen LogP contribution in [0.1, 0.15) is 20.7 Å². The molecule has 2 rings (SSSR count). The van der Waals surface area contributed by atoms with Gasteiger partial charge in [0.1, 0.15) is 0 Å². The van der Waals surface area contributed by atoms with Gasteiger partial charge >= 0.3 is 0 Å². The molecule has 2 aromatic rings. The maximum Gasteiger partial charge on any atom is 0.269 e. The number of nitrogens with two attached hydrogens (primary N) is 1. The molecular weight excluding hydrogens is 377 g/mol. The Balaban J connectivity index is 2.02. The predicted molar refractivity (Wildman–Crippen MR) is 89.2 cm³/mol. The van der Waals surface area contributed by atoms with Crippen LogP contribution in [0.15, 0.2) is 47.4 Å². The lowest BCUT2D eigenvalue weighted by molar-refractivity contribution is 0.0846. The van der Waals surface area contributed by atoms with Crippen LogP contribution in [-0.4, -0.2) is 20.2 Å². The predicted octanol–water partition coefficient (Wildman–Crippen LogP) is 1.72. The second kappa shape index (κ2) is 7.18. The summed E-state index contributed by atoms with van der Waals surface area (Å²) in [7, 11) is -3.84. The number of primary sulfonamides is 1. The Morgan fingerprint density at radius 3 is 1.83 bits per heavy atom. The zero-order chi connectivity index (χ0) is 17.9. The third-order valence-electron chi connectivity index (χ3n) is 2.92. The van der Waals surface area contributed by atoms with Crippen LogP contribution < -0.4 is 16.0 Å². The quantitative estimate of drug-likeness (QED) is 0.694. The summed E-state index contributed by atoms with van der Waals surface area (Å²) in [6, 6.07) is 9.15. The molecule has 126 valence electrons. The molecule has 2 amide bonds. The summed E-state index contributed by atoms with van der Waals surface area (Å²) in [6.45, 7) is 0. The molecule has 0 radical (unpaired) electrons. The zero-order valence-corrected chi connectivity index (χ0v) is 14.2. The molecule has 0 fully saturated rings. The fourth-order valence-corrected chi connectivity index (χ4v) is 2.50. The lowest BCUT2D eigenvalue weighted by Crippen LogP contribution is -2.41. The summed E-state index contributed by atoms with van der Waals surface area (Å²) >= 11 is 11.6. The van der Waals surface area contributed by atoms with Crippen molar-refractivity contribution in [1.29, 1.82) is 0 Å². The van der Waals surface area contributed by atoms with E-state index in [9.17, 15) is 18.0 Å². The van der Waals surface area contributed by atoms with Gasteiger partial charge in [-0.2, -0.15) is 0 Å². The fourth-order valence-electron chi connectivity index (χ4n) is 1.69. The Hall–Kier alpha value is -2.13. The largest absolute Gasteiger partial charge is 0.269 e. The van der Waals surface area contributed by atoms with E-state index < -0.39 is 21.8 Å². The Morgan fingerprint density at radius 2 is 1.33 bits per heavy atom. The lowest BCUT2D eigenvalue weighted by atomic mass is 10.2. The van der Waals surface area contributed by atoms with Crippen LogP contribution in [0.3, 0.4) is 0 Å². The van der Waals surface area contributed by atoms with Crippen LogP contribution in [0.2, 0.25) is 10.0 Å². The number of hydrogen-bond acceptors (Lipinski definition) is 4. The summed E-state index contributed by atoms with van der Waals surface area (Å²) in [5.74, 6) is -1.23. The number of hydrogen-bond donors (Lipinski definition) is 3. The molecule has 0 aliphatic heterocycles. The van der Waals surface area contributed by atoms with Crippen molar-refractivity contribution < 1.29 is 18.0 Å². The number of sulfonamides is 1. The average molecular weight is 388 g/mol. The Kier molecular flexibility index (Phi) is 5.45. The van der Waals surface area contributed by atoms with Gasteiger partial charge in [0.2, 0.25) is 10.0 Å². The Morgan fingerprint density at radius 1 is 0.833 bits per heavy atom. The van der Waals surface area contributed by atoms with Crippen molar-refractivity contribution in [1.82, 2.24) is 10.9 Å². The number of nitrogens with one attached hydrogen (secondary N) is 2. The normalized spacial score (nSPS) is 11.0. The smallest absolute Gasteiger partial charge is 0.267 e. The molecule has 7 nitrogen and oxygen atoms in total. The maximum absolute atomic E-state index is 11.9. The van der Waals surface area contributed by atoms with Crippen molar-refractivity contribution in [3.8, 4) is 0 Å². The number of amides is 2.